The summed E-state index contributed by atoms with van der Waals surface area (Å²) in [4.78, 5) is 20.5. The number of carboxylic acids is 1. The number of carbonyl (C=O) groups is 1. The fraction of sp³-hybridized carbons (Fsp3) is 0.429. The van der Waals surface area contributed by atoms with Gasteiger partial charge < -0.3 is 19.5 Å². The second-order valence-electron chi connectivity index (χ2n) is 9.24. The maximum atomic E-state index is 13.2. The van der Waals surface area contributed by atoms with Crippen molar-refractivity contribution in [1.82, 2.24) is 10.3 Å². The molecule has 1 aliphatic heterocycles. The molecule has 1 aromatic heterocycles. The van der Waals surface area contributed by atoms with Crippen molar-refractivity contribution in [3.63, 3.8) is 0 Å². The number of halogens is 1. The average molecular weight is 528 g/mol. The number of aliphatic carboxylic acids is 1. The fourth-order valence-corrected chi connectivity index (χ4v) is 5.35. The lowest BCUT2D eigenvalue weighted by molar-refractivity contribution is -0.145. The van der Waals surface area contributed by atoms with Crippen molar-refractivity contribution in [3.8, 4) is 5.75 Å². The highest BCUT2D eigenvalue weighted by Gasteiger charge is 2.36. The summed E-state index contributed by atoms with van der Waals surface area (Å²) < 4.78 is 24.6. The van der Waals surface area contributed by atoms with Gasteiger partial charge in [-0.2, -0.15) is 0 Å². The van der Waals surface area contributed by atoms with Gasteiger partial charge in [0.15, 0.2) is 5.13 Å². The Morgan fingerprint density at radius 2 is 1.84 bits per heavy atom. The van der Waals surface area contributed by atoms with Crippen LogP contribution in [0.1, 0.15) is 35.0 Å². The Labute approximate surface area is 221 Å². The molecule has 2 aromatic carbocycles. The Kier molecular flexibility index (Phi) is 9.13. The van der Waals surface area contributed by atoms with E-state index in [-0.39, 0.29) is 5.82 Å². The van der Waals surface area contributed by atoms with Crippen molar-refractivity contribution in [3.05, 3.63) is 76.0 Å². The molecular formula is C28H34FN3O4S. The van der Waals surface area contributed by atoms with Crippen LogP contribution in [0.25, 0.3) is 0 Å². The third-order valence-electron chi connectivity index (χ3n) is 6.76. The van der Waals surface area contributed by atoms with E-state index in [2.05, 4.69) is 17.1 Å². The number of hydrogen-bond acceptors (Lipinski definition) is 7. The molecule has 7 nitrogen and oxygen atoms in total. The first kappa shape index (κ1) is 27.0. The van der Waals surface area contributed by atoms with E-state index in [0.29, 0.717) is 26.0 Å². The second-order valence-corrected chi connectivity index (χ2v) is 10.4. The van der Waals surface area contributed by atoms with Gasteiger partial charge in [0.05, 0.1) is 25.5 Å². The number of ether oxygens (including phenoxy) is 2. The SMILES string of the molecule is CCC(Cc1ccc(OCCc2nc(N3CCOCC3)sc2C)cc1)(NCc1ccc(F)cc1)C(=O)O. The molecule has 1 saturated heterocycles. The van der Waals surface area contributed by atoms with Crippen LogP contribution in [0.2, 0.25) is 0 Å². The molecule has 0 spiro atoms. The molecule has 0 amide bonds. The molecular weight excluding hydrogens is 493 g/mol. The third kappa shape index (κ3) is 7.06. The number of rotatable bonds is 12. The normalized spacial score (nSPS) is 15.4. The van der Waals surface area contributed by atoms with Gasteiger partial charge in [0.2, 0.25) is 0 Å². The van der Waals surface area contributed by atoms with E-state index in [1.807, 2.05) is 31.2 Å². The van der Waals surface area contributed by atoms with Crippen LogP contribution in [-0.4, -0.2) is 54.5 Å². The second kappa shape index (κ2) is 12.5. The van der Waals surface area contributed by atoms with Gasteiger partial charge >= 0.3 is 5.97 Å². The molecule has 1 unspecified atom stereocenters. The monoisotopic (exact) mass is 527 g/mol. The zero-order chi connectivity index (χ0) is 26.3. The first-order valence-corrected chi connectivity index (χ1v) is 13.4. The highest BCUT2D eigenvalue weighted by molar-refractivity contribution is 7.15. The minimum atomic E-state index is -1.13. The number of anilines is 1. The zero-order valence-corrected chi connectivity index (χ0v) is 22.2. The zero-order valence-electron chi connectivity index (χ0n) is 21.3. The van der Waals surface area contributed by atoms with Crippen LogP contribution in [0.15, 0.2) is 48.5 Å². The highest BCUT2D eigenvalue weighted by atomic mass is 32.1. The number of carboxylic acid groups (broad SMARTS) is 1. The Hall–Kier alpha value is -3.01. The summed E-state index contributed by atoms with van der Waals surface area (Å²) in [6.07, 6.45) is 1.45. The molecule has 1 aliphatic rings. The Morgan fingerprint density at radius 3 is 2.49 bits per heavy atom. The minimum absolute atomic E-state index is 0.314. The van der Waals surface area contributed by atoms with E-state index >= 15 is 0 Å². The Bertz CT molecular complexity index is 1160. The smallest absolute Gasteiger partial charge is 0.324 e. The molecule has 2 heterocycles. The standard InChI is InChI=1S/C28H34FN3O4S/c1-3-28(26(33)34,30-19-22-4-8-23(29)9-5-22)18-21-6-10-24(11-7-21)36-15-12-25-20(2)37-27(31-25)32-13-16-35-17-14-32/h4-11,30H,3,12-19H2,1-2H3,(H,33,34). The van der Waals surface area contributed by atoms with E-state index < -0.39 is 11.5 Å². The van der Waals surface area contributed by atoms with Crippen LogP contribution in [-0.2, 0) is 28.9 Å². The fourth-order valence-electron chi connectivity index (χ4n) is 4.34. The van der Waals surface area contributed by atoms with Crippen LogP contribution < -0.4 is 15.0 Å². The van der Waals surface area contributed by atoms with Crippen LogP contribution in [0.4, 0.5) is 9.52 Å². The molecule has 0 saturated carbocycles. The first-order chi connectivity index (χ1) is 17.9. The van der Waals surface area contributed by atoms with Crippen molar-refractivity contribution in [2.75, 3.05) is 37.8 Å². The lowest BCUT2D eigenvalue weighted by Gasteiger charge is -2.30. The van der Waals surface area contributed by atoms with E-state index in [9.17, 15) is 14.3 Å². The van der Waals surface area contributed by atoms with Crippen molar-refractivity contribution in [2.45, 2.75) is 45.2 Å². The summed E-state index contributed by atoms with van der Waals surface area (Å²) in [6.45, 7) is 8.03. The third-order valence-corrected chi connectivity index (χ3v) is 7.83. The highest BCUT2D eigenvalue weighted by Crippen LogP contribution is 2.27. The van der Waals surface area contributed by atoms with E-state index in [4.69, 9.17) is 14.5 Å². The summed E-state index contributed by atoms with van der Waals surface area (Å²) in [5, 5.41) is 14.3. The first-order valence-electron chi connectivity index (χ1n) is 12.6. The molecule has 9 heteroatoms. The summed E-state index contributed by atoms with van der Waals surface area (Å²) in [5.74, 6) is -0.486. The molecule has 37 heavy (non-hydrogen) atoms. The van der Waals surface area contributed by atoms with Gasteiger partial charge in [0, 0.05) is 37.4 Å². The molecule has 4 rings (SSSR count). The maximum Gasteiger partial charge on any atom is 0.324 e. The van der Waals surface area contributed by atoms with Gasteiger partial charge in [-0.15, -0.1) is 11.3 Å². The van der Waals surface area contributed by atoms with Crippen LogP contribution in [0.3, 0.4) is 0 Å². The summed E-state index contributed by atoms with van der Waals surface area (Å²) in [6, 6.07) is 13.7. The molecule has 3 aromatic rings. The van der Waals surface area contributed by atoms with E-state index in [0.717, 1.165) is 60.4 Å². The topological polar surface area (TPSA) is 83.9 Å². The van der Waals surface area contributed by atoms with Gasteiger partial charge in [-0.05, 0) is 48.7 Å². The number of morpholine rings is 1. The summed E-state index contributed by atoms with van der Waals surface area (Å²) in [7, 11) is 0. The Morgan fingerprint density at radius 1 is 1.16 bits per heavy atom. The van der Waals surface area contributed by atoms with Crippen molar-refractivity contribution < 1.29 is 23.8 Å². The quantitative estimate of drug-likeness (QED) is 0.356. The number of nitrogens with one attached hydrogen (secondary N) is 1. The van der Waals surface area contributed by atoms with Gasteiger partial charge in [-0.1, -0.05) is 31.2 Å². The number of benzene rings is 2. The van der Waals surface area contributed by atoms with Crippen LogP contribution in [0, 0.1) is 12.7 Å². The summed E-state index contributed by atoms with van der Waals surface area (Å²) in [5.41, 5.74) is 1.66. The molecule has 0 radical (unpaired) electrons. The van der Waals surface area contributed by atoms with Crippen molar-refractivity contribution in [2.24, 2.45) is 0 Å². The lowest BCUT2D eigenvalue weighted by atomic mass is 9.87. The lowest BCUT2D eigenvalue weighted by Crippen LogP contribution is -2.53. The number of hydrogen-bond donors (Lipinski definition) is 2. The molecule has 2 N–H and O–H groups in total. The summed E-state index contributed by atoms with van der Waals surface area (Å²) >= 11 is 1.71. The molecule has 0 aliphatic carbocycles. The van der Waals surface area contributed by atoms with Crippen LogP contribution >= 0.6 is 11.3 Å². The van der Waals surface area contributed by atoms with Gasteiger partial charge in [-0.3, -0.25) is 10.1 Å². The van der Waals surface area contributed by atoms with E-state index in [1.165, 1.54) is 17.0 Å². The Balaban J connectivity index is 1.31. The maximum absolute atomic E-state index is 13.2. The largest absolute Gasteiger partial charge is 0.493 e. The van der Waals surface area contributed by atoms with Crippen molar-refractivity contribution in [1.29, 1.82) is 0 Å². The average Bonchev–Trinajstić information content (AvgIpc) is 3.29. The molecule has 1 atom stereocenters. The van der Waals surface area contributed by atoms with Gasteiger partial charge in [0.1, 0.15) is 17.1 Å². The van der Waals surface area contributed by atoms with Crippen molar-refractivity contribution >= 4 is 22.4 Å². The molecule has 1 fully saturated rings. The van der Waals surface area contributed by atoms with Gasteiger partial charge in [0.25, 0.3) is 0 Å². The molecule has 0 bridgehead atoms. The minimum Gasteiger partial charge on any atom is -0.493 e. The molecule has 198 valence electrons. The van der Waals surface area contributed by atoms with Gasteiger partial charge in [-0.25, -0.2) is 9.37 Å². The predicted octanol–water partition coefficient (Wildman–Crippen LogP) is 4.61. The number of thiazole rings is 1. The predicted molar refractivity (Wildman–Crippen MR) is 143 cm³/mol. The van der Waals surface area contributed by atoms with Crippen LogP contribution in [0.5, 0.6) is 5.75 Å². The number of nitrogens with zero attached hydrogens (tertiary/aromatic N) is 2. The number of aryl methyl sites for hydroxylation is 1. The van der Waals surface area contributed by atoms with E-state index in [1.54, 1.807) is 23.5 Å². The number of aromatic nitrogens is 1.